The fourth-order valence-corrected chi connectivity index (χ4v) is 4.23. The van der Waals surface area contributed by atoms with E-state index in [4.69, 9.17) is 15.5 Å². The van der Waals surface area contributed by atoms with Crippen molar-refractivity contribution in [1.82, 2.24) is 4.98 Å². The average Bonchev–Trinajstić information content (AvgIpc) is 2.68. The van der Waals surface area contributed by atoms with E-state index in [2.05, 4.69) is 5.32 Å². The molecule has 0 saturated carbocycles. The Balaban J connectivity index is 2.09. The number of para-hydroxylation sites is 1. The van der Waals surface area contributed by atoms with Gasteiger partial charge in [0, 0.05) is 22.0 Å². The number of nitrogens with two attached hydrogens (primary N) is 1. The van der Waals surface area contributed by atoms with Gasteiger partial charge in [0.05, 0.1) is 22.7 Å². The van der Waals surface area contributed by atoms with Crippen LogP contribution in [0, 0.1) is 0 Å². The van der Waals surface area contributed by atoms with Gasteiger partial charge in [-0.2, -0.15) is 0 Å². The highest BCUT2D eigenvalue weighted by Crippen LogP contribution is 2.34. The zero-order valence-electron chi connectivity index (χ0n) is 14.4. The largest absolute Gasteiger partial charge is 0.497 e. The Labute approximate surface area is 154 Å². The molecule has 4 rings (SSSR count). The standard InChI is InChI=1S/C20H19N3O2S/c1-25-12-7-8-16-14(11-12)18(24)17-13-5-2-3-6-15(13)23-20(19(17)26-16)22-10-4-9-21/h2-3,5-8,11H,4,9-10,21H2,1H3,(H,22,23). The number of methoxy groups -OCH3 is 1. The van der Waals surface area contributed by atoms with E-state index in [1.807, 2.05) is 42.5 Å². The number of ether oxygens (including phenoxy) is 1. The molecule has 4 aromatic rings. The smallest absolute Gasteiger partial charge is 0.196 e. The lowest BCUT2D eigenvalue weighted by Gasteiger charge is -2.12. The molecule has 6 heteroatoms. The summed E-state index contributed by atoms with van der Waals surface area (Å²) in [5.41, 5.74) is 6.42. The van der Waals surface area contributed by atoms with E-state index in [9.17, 15) is 4.79 Å². The van der Waals surface area contributed by atoms with E-state index < -0.39 is 0 Å². The van der Waals surface area contributed by atoms with Crippen LogP contribution in [-0.2, 0) is 0 Å². The van der Waals surface area contributed by atoms with Crippen molar-refractivity contribution in [2.45, 2.75) is 6.42 Å². The van der Waals surface area contributed by atoms with E-state index >= 15 is 0 Å². The van der Waals surface area contributed by atoms with Crippen LogP contribution in [0.15, 0.2) is 47.3 Å². The number of hydrogen-bond donors (Lipinski definition) is 2. The van der Waals surface area contributed by atoms with Crippen molar-refractivity contribution >= 4 is 48.2 Å². The summed E-state index contributed by atoms with van der Waals surface area (Å²) >= 11 is 1.57. The molecular formula is C20H19N3O2S. The minimum absolute atomic E-state index is 0.00752. The maximum atomic E-state index is 13.3. The third-order valence-electron chi connectivity index (χ3n) is 4.39. The number of fused-ring (bicyclic) bond motifs is 4. The predicted octanol–water partition coefficient (Wildman–Crippen LogP) is 3.73. The molecule has 3 N–H and O–H groups in total. The highest BCUT2D eigenvalue weighted by atomic mass is 32.1. The van der Waals surface area contributed by atoms with Crippen LogP contribution in [0.4, 0.5) is 5.82 Å². The Hall–Kier alpha value is -2.70. The maximum Gasteiger partial charge on any atom is 0.196 e. The molecule has 2 aromatic carbocycles. The molecule has 0 bridgehead atoms. The quantitative estimate of drug-likeness (QED) is 0.320. The van der Waals surface area contributed by atoms with Gasteiger partial charge in [0.15, 0.2) is 5.43 Å². The van der Waals surface area contributed by atoms with Crippen molar-refractivity contribution in [3.8, 4) is 5.75 Å². The van der Waals surface area contributed by atoms with Gasteiger partial charge in [-0.3, -0.25) is 4.79 Å². The van der Waals surface area contributed by atoms with Gasteiger partial charge in [-0.05, 0) is 37.2 Å². The third-order valence-corrected chi connectivity index (χ3v) is 5.57. The van der Waals surface area contributed by atoms with E-state index in [-0.39, 0.29) is 5.43 Å². The molecule has 0 aliphatic rings. The second-order valence-corrected chi connectivity index (χ2v) is 7.10. The number of aromatic nitrogens is 1. The van der Waals surface area contributed by atoms with Crippen LogP contribution in [-0.4, -0.2) is 25.2 Å². The molecule has 26 heavy (non-hydrogen) atoms. The van der Waals surface area contributed by atoms with Crippen LogP contribution >= 0.6 is 11.3 Å². The van der Waals surface area contributed by atoms with Gasteiger partial charge in [0.25, 0.3) is 0 Å². The van der Waals surface area contributed by atoms with Crippen molar-refractivity contribution < 1.29 is 4.74 Å². The summed E-state index contributed by atoms with van der Waals surface area (Å²) in [4.78, 5) is 18.1. The molecule has 0 atom stereocenters. The van der Waals surface area contributed by atoms with Gasteiger partial charge in [-0.15, -0.1) is 11.3 Å². The van der Waals surface area contributed by atoms with Crippen molar-refractivity contribution in [2.75, 3.05) is 25.5 Å². The van der Waals surface area contributed by atoms with Gasteiger partial charge in [-0.1, -0.05) is 18.2 Å². The monoisotopic (exact) mass is 365 g/mol. The normalized spacial score (nSPS) is 11.3. The summed E-state index contributed by atoms with van der Waals surface area (Å²) in [6.45, 7) is 1.33. The van der Waals surface area contributed by atoms with Crippen LogP contribution in [0.1, 0.15) is 6.42 Å². The second kappa shape index (κ2) is 6.90. The predicted molar refractivity (Wildman–Crippen MR) is 110 cm³/mol. The number of anilines is 1. The minimum Gasteiger partial charge on any atom is -0.497 e. The molecule has 0 radical (unpaired) electrons. The topological polar surface area (TPSA) is 77.2 Å². The third kappa shape index (κ3) is 2.77. The zero-order chi connectivity index (χ0) is 18.1. The van der Waals surface area contributed by atoms with Crippen molar-refractivity contribution in [1.29, 1.82) is 0 Å². The molecule has 0 unspecified atom stereocenters. The molecule has 5 nitrogen and oxygen atoms in total. The van der Waals surface area contributed by atoms with Gasteiger partial charge >= 0.3 is 0 Å². The summed E-state index contributed by atoms with van der Waals surface area (Å²) in [5, 5.41) is 5.60. The van der Waals surface area contributed by atoms with Crippen LogP contribution in [0.5, 0.6) is 5.75 Å². The molecule has 0 saturated heterocycles. The molecule has 0 spiro atoms. The fourth-order valence-electron chi connectivity index (χ4n) is 3.10. The van der Waals surface area contributed by atoms with Crippen LogP contribution < -0.4 is 21.2 Å². The lowest BCUT2D eigenvalue weighted by molar-refractivity contribution is 0.415. The molecule has 2 heterocycles. The van der Waals surface area contributed by atoms with Gasteiger partial charge in [0.2, 0.25) is 0 Å². The van der Waals surface area contributed by atoms with Gasteiger partial charge in [0.1, 0.15) is 11.6 Å². The first-order chi connectivity index (χ1) is 12.7. The number of nitrogens with zero attached hydrogens (tertiary/aromatic N) is 1. The Kier molecular flexibility index (Phi) is 4.44. The van der Waals surface area contributed by atoms with Crippen molar-refractivity contribution in [3.63, 3.8) is 0 Å². The maximum absolute atomic E-state index is 13.3. The Morgan fingerprint density at radius 3 is 2.85 bits per heavy atom. The highest BCUT2D eigenvalue weighted by Gasteiger charge is 2.15. The number of pyridine rings is 1. The highest BCUT2D eigenvalue weighted by molar-refractivity contribution is 7.25. The number of nitrogens with one attached hydrogen (secondary N) is 1. The number of rotatable bonds is 5. The van der Waals surface area contributed by atoms with Gasteiger partial charge in [-0.25, -0.2) is 4.98 Å². The first kappa shape index (κ1) is 16.8. The second-order valence-electron chi connectivity index (χ2n) is 6.04. The summed E-state index contributed by atoms with van der Waals surface area (Å²) in [6.07, 6.45) is 0.843. The summed E-state index contributed by atoms with van der Waals surface area (Å²) in [7, 11) is 1.61. The number of hydrogen-bond acceptors (Lipinski definition) is 6. The lowest BCUT2D eigenvalue weighted by Crippen LogP contribution is -2.11. The van der Waals surface area contributed by atoms with Crippen molar-refractivity contribution in [3.05, 3.63) is 52.7 Å². The van der Waals surface area contributed by atoms with Crippen LogP contribution in [0.2, 0.25) is 0 Å². The molecule has 0 aliphatic carbocycles. The Morgan fingerprint density at radius 2 is 2.04 bits per heavy atom. The molecule has 0 aliphatic heterocycles. The Bertz CT molecular complexity index is 1170. The van der Waals surface area contributed by atoms with Crippen LogP contribution in [0.25, 0.3) is 31.1 Å². The summed E-state index contributed by atoms with van der Waals surface area (Å²) in [6, 6.07) is 13.4. The molecule has 132 valence electrons. The average molecular weight is 365 g/mol. The van der Waals surface area contributed by atoms with E-state index in [0.29, 0.717) is 23.1 Å². The zero-order valence-corrected chi connectivity index (χ0v) is 15.2. The lowest BCUT2D eigenvalue weighted by atomic mass is 10.1. The van der Waals surface area contributed by atoms with Crippen molar-refractivity contribution in [2.24, 2.45) is 5.73 Å². The minimum atomic E-state index is 0.00752. The van der Waals surface area contributed by atoms with E-state index in [1.54, 1.807) is 18.4 Å². The molecular weight excluding hydrogens is 346 g/mol. The summed E-state index contributed by atoms with van der Waals surface area (Å²) in [5.74, 6) is 1.42. The molecule has 0 amide bonds. The van der Waals surface area contributed by atoms with Gasteiger partial charge < -0.3 is 15.8 Å². The Morgan fingerprint density at radius 1 is 1.19 bits per heavy atom. The SMILES string of the molecule is COc1ccc2sc3c(NCCCN)nc4ccccc4c3c(=O)c2c1. The van der Waals surface area contributed by atoms with E-state index in [1.165, 1.54) is 0 Å². The summed E-state index contributed by atoms with van der Waals surface area (Å²) < 4.78 is 7.09. The van der Waals surface area contributed by atoms with Crippen LogP contribution in [0.3, 0.4) is 0 Å². The first-order valence-electron chi connectivity index (χ1n) is 8.50. The fraction of sp³-hybridized carbons (Fsp3) is 0.200. The molecule has 0 fully saturated rings. The number of benzene rings is 2. The molecule has 2 aromatic heterocycles. The first-order valence-corrected chi connectivity index (χ1v) is 9.32. The van der Waals surface area contributed by atoms with E-state index in [0.717, 1.165) is 39.1 Å².